The van der Waals surface area contributed by atoms with Gasteiger partial charge >= 0.3 is 11.9 Å². The van der Waals surface area contributed by atoms with E-state index < -0.39 is 27.6 Å². The number of rotatable bonds is 11. The molecule has 2 aromatic rings. The van der Waals surface area contributed by atoms with Gasteiger partial charge in [0.25, 0.3) is 0 Å². The molecule has 0 unspecified atom stereocenters. The Labute approximate surface area is 257 Å². The van der Waals surface area contributed by atoms with Crippen LogP contribution >= 0.6 is 0 Å². The second-order valence-corrected chi connectivity index (χ2v) is 13.8. The van der Waals surface area contributed by atoms with Crippen molar-refractivity contribution in [3.8, 4) is 17.2 Å². The van der Waals surface area contributed by atoms with E-state index in [1.165, 1.54) is 6.08 Å². The smallest absolute Gasteiger partial charge is 0.316 e. The molecule has 0 aliphatic heterocycles. The van der Waals surface area contributed by atoms with Crippen molar-refractivity contribution in [3.63, 3.8) is 0 Å². The Hall–Kier alpha value is -3.93. The third-order valence-corrected chi connectivity index (χ3v) is 7.14. The Bertz CT molecular complexity index is 1410. The van der Waals surface area contributed by atoms with Gasteiger partial charge in [-0.25, -0.2) is 0 Å². The molecule has 0 fully saturated rings. The average molecular weight is 589 g/mol. The molecule has 0 amide bonds. The van der Waals surface area contributed by atoms with E-state index in [0.717, 1.165) is 11.1 Å². The van der Waals surface area contributed by atoms with E-state index in [1.807, 2.05) is 46.8 Å². The van der Waals surface area contributed by atoms with Crippen LogP contribution in [0.3, 0.4) is 0 Å². The van der Waals surface area contributed by atoms with Crippen molar-refractivity contribution in [3.05, 3.63) is 84.0 Å². The number of hydrogen-bond donors (Lipinski definition) is 0. The van der Waals surface area contributed by atoms with Gasteiger partial charge in [0.05, 0.1) is 23.0 Å². The summed E-state index contributed by atoms with van der Waals surface area (Å²) in [5.74, 6) is 0.0841. The molecule has 232 valence electrons. The standard InChI is InChI=1S/C37H48O6/c1-14-36(10,11)27-23-28(37(12,13)15-2)31(43-33(40)35(7,8)9)26(30(27)41-16-3)21-22-29(38)24-17-19-25(20-18-24)42-32(39)34(4,5)6/h14-15,17-23H,1-2,16H2,3-13H3/b22-21+. The summed E-state index contributed by atoms with van der Waals surface area (Å²) in [6.45, 7) is 29.0. The molecule has 0 aromatic heterocycles. The molecule has 2 aromatic carbocycles. The molecular weight excluding hydrogens is 540 g/mol. The minimum Gasteiger partial charge on any atom is -0.493 e. The van der Waals surface area contributed by atoms with Crippen LogP contribution in [0.25, 0.3) is 6.08 Å². The zero-order valence-electron chi connectivity index (χ0n) is 27.8. The van der Waals surface area contributed by atoms with Gasteiger partial charge in [-0.1, -0.05) is 39.8 Å². The predicted octanol–water partition coefficient (Wildman–Crippen LogP) is 8.81. The van der Waals surface area contributed by atoms with Crippen molar-refractivity contribution >= 4 is 23.8 Å². The highest BCUT2D eigenvalue weighted by Gasteiger charge is 2.34. The first-order valence-corrected chi connectivity index (χ1v) is 14.6. The van der Waals surface area contributed by atoms with Gasteiger partial charge in [0, 0.05) is 27.5 Å². The molecule has 43 heavy (non-hydrogen) atoms. The van der Waals surface area contributed by atoms with E-state index in [0.29, 0.717) is 35.0 Å². The topological polar surface area (TPSA) is 78.9 Å². The largest absolute Gasteiger partial charge is 0.493 e. The fourth-order valence-electron chi connectivity index (χ4n) is 3.86. The third kappa shape index (κ3) is 8.56. The highest BCUT2D eigenvalue weighted by atomic mass is 16.5. The van der Waals surface area contributed by atoms with E-state index in [1.54, 1.807) is 78.0 Å². The molecule has 0 saturated heterocycles. The SMILES string of the molecule is C=CC(C)(C)c1cc(C(C)(C)C=C)c(OC(=O)C(C)(C)C)c(/C=C/C(=O)c2ccc(OC(=O)C(C)(C)C)cc2)c1OCC. The van der Waals surface area contributed by atoms with E-state index in [4.69, 9.17) is 14.2 Å². The molecule has 0 N–H and O–H groups in total. The number of esters is 2. The molecular formula is C37H48O6. The number of allylic oxidation sites excluding steroid dienone is 3. The monoisotopic (exact) mass is 588 g/mol. The van der Waals surface area contributed by atoms with Gasteiger partial charge in [0.1, 0.15) is 17.2 Å². The van der Waals surface area contributed by atoms with Gasteiger partial charge < -0.3 is 14.2 Å². The van der Waals surface area contributed by atoms with Crippen LogP contribution in [0.2, 0.25) is 0 Å². The highest BCUT2D eigenvalue weighted by molar-refractivity contribution is 6.07. The number of benzene rings is 2. The average Bonchev–Trinajstić information content (AvgIpc) is 2.91. The van der Waals surface area contributed by atoms with Crippen molar-refractivity contribution in [2.75, 3.05) is 6.61 Å². The normalized spacial score (nSPS) is 12.5. The number of ketones is 1. The first-order valence-electron chi connectivity index (χ1n) is 14.6. The molecule has 0 spiro atoms. The van der Waals surface area contributed by atoms with E-state index in [9.17, 15) is 14.4 Å². The predicted molar refractivity (Wildman–Crippen MR) is 174 cm³/mol. The fourth-order valence-corrected chi connectivity index (χ4v) is 3.86. The number of carbonyl (C=O) groups excluding carboxylic acids is 3. The third-order valence-electron chi connectivity index (χ3n) is 7.14. The maximum atomic E-state index is 13.4. The summed E-state index contributed by atoms with van der Waals surface area (Å²) in [5, 5.41) is 0. The fraction of sp³-hybridized carbons (Fsp3) is 0.432. The minimum atomic E-state index is -0.782. The lowest BCUT2D eigenvalue weighted by Crippen LogP contribution is -2.28. The van der Waals surface area contributed by atoms with Crippen molar-refractivity contribution in [1.82, 2.24) is 0 Å². The first-order chi connectivity index (χ1) is 19.7. The van der Waals surface area contributed by atoms with Gasteiger partial charge in [-0.15, -0.1) is 13.2 Å². The lowest BCUT2D eigenvalue weighted by atomic mass is 9.76. The number of hydrogen-bond acceptors (Lipinski definition) is 6. The van der Waals surface area contributed by atoms with Crippen molar-refractivity contribution < 1.29 is 28.6 Å². The van der Waals surface area contributed by atoms with Crippen molar-refractivity contribution in [1.29, 1.82) is 0 Å². The molecule has 6 heteroatoms. The van der Waals surface area contributed by atoms with Crippen LogP contribution in [0.1, 0.15) is 103 Å². The van der Waals surface area contributed by atoms with E-state index in [-0.39, 0.29) is 11.8 Å². The second kappa shape index (κ2) is 13.2. The zero-order valence-corrected chi connectivity index (χ0v) is 27.8. The quantitative estimate of drug-likeness (QED) is 0.0858. The molecule has 0 radical (unpaired) electrons. The van der Waals surface area contributed by atoms with Gasteiger partial charge in [-0.2, -0.15) is 0 Å². The van der Waals surface area contributed by atoms with Crippen LogP contribution in [-0.2, 0) is 20.4 Å². The van der Waals surface area contributed by atoms with Gasteiger partial charge in [0.2, 0.25) is 0 Å². The Balaban J connectivity index is 2.79. The molecule has 6 nitrogen and oxygen atoms in total. The summed E-state index contributed by atoms with van der Waals surface area (Å²) >= 11 is 0. The molecule has 0 aliphatic carbocycles. The Morgan fingerprint density at radius 1 is 0.721 bits per heavy atom. The lowest BCUT2D eigenvalue weighted by molar-refractivity contribution is -0.143. The van der Waals surface area contributed by atoms with Crippen LogP contribution in [0.4, 0.5) is 0 Å². The van der Waals surface area contributed by atoms with Crippen molar-refractivity contribution in [2.24, 2.45) is 10.8 Å². The van der Waals surface area contributed by atoms with Gasteiger partial charge in [-0.05, 0) is 91.0 Å². The van der Waals surface area contributed by atoms with Crippen LogP contribution in [-0.4, -0.2) is 24.3 Å². The van der Waals surface area contributed by atoms with Crippen molar-refractivity contribution in [2.45, 2.75) is 87.0 Å². The molecule has 0 bridgehead atoms. The summed E-state index contributed by atoms with van der Waals surface area (Å²) in [6.07, 6.45) is 6.70. The molecule has 0 aliphatic rings. The maximum absolute atomic E-state index is 13.4. The Morgan fingerprint density at radius 3 is 1.63 bits per heavy atom. The minimum absolute atomic E-state index is 0.290. The first kappa shape index (κ1) is 35.3. The summed E-state index contributed by atoms with van der Waals surface area (Å²) in [6, 6.07) is 8.36. The summed E-state index contributed by atoms with van der Waals surface area (Å²) in [5.41, 5.74) is -0.124. The molecule has 0 atom stereocenters. The highest BCUT2D eigenvalue weighted by Crippen LogP contribution is 2.47. The van der Waals surface area contributed by atoms with E-state index in [2.05, 4.69) is 13.2 Å². The zero-order chi connectivity index (χ0) is 33.0. The van der Waals surface area contributed by atoms with Crippen LogP contribution < -0.4 is 14.2 Å². The summed E-state index contributed by atoms with van der Waals surface area (Å²) in [4.78, 5) is 38.9. The second-order valence-electron chi connectivity index (χ2n) is 13.8. The number of carbonyl (C=O) groups is 3. The van der Waals surface area contributed by atoms with Crippen LogP contribution in [0, 0.1) is 10.8 Å². The Morgan fingerprint density at radius 2 is 1.19 bits per heavy atom. The summed E-state index contributed by atoms with van der Waals surface area (Å²) < 4.78 is 17.8. The molecule has 0 heterocycles. The van der Waals surface area contributed by atoms with E-state index >= 15 is 0 Å². The Kier molecular flexibility index (Phi) is 10.8. The van der Waals surface area contributed by atoms with Gasteiger partial charge in [0.15, 0.2) is 5.78 Å². The van der Waals surface area contributed by atoms with Gasteiger partial charge in [-0.3, -0.25) is 14.4 Å². The van der Waals surface area contributed by atoms with Crippen LogP contribution in [0.5, 0.6) is 17.2 Å². The summed E-state index contributed by atoms with van der Waals surface area (Å²) in [7, 11) is 0. The lowest BCUT2D eigenvalue weighted by Gasteiger charge is -2.32. The van der Waals surface area contributed by atoms with Crippen LogP contribution in [0.15, 0.2) is 61.7 Å². The molecule has 0 saturated carbocycles. The maximum Gasteiger partial charge on any atom is 0.316 e. The molecule has 2 rings (SSSR count). The number of ether oxygens (including phenoxy) is 3.